The number of carbonyl (C=O) groups is 1. The van der Waals surface area contributed by atoms with Crippen LogP contribution in [-0.4, -0.2) is 25.5 Å². The van der Waals surface area contributed by atoms with Gasteiger partial charge in [0.15, 0.2) is 24.9 Å². The zero-order valence-electron chi connectivity index (χ0n) is 16.4. The Labute approximate surface area is 198 Å². The number of nitrogens with one attached hydrogen (secondary N) is 1. The minimum atomic E-state index is -0.394. The first kappa shape index (κ1) is 22.0. The summed E-state index contributed by atoms with van der Waals surface area (Å²) in [5.41, 5.74) is 0.708. The van der Waals surface area contributed by atoms with Crippen molar-refractivity contribution in [2.45, 2.75) is 13.5 Å². The molecule has 1 N–H and O–H groups in total. The second-order valence-corrected chi connectivity index (χ2v) is 7.77. The summed E-state index contributed by atoms with van der Waals surface area (Å²) < 4.78 is 14.2. The number of carbonyl (C=O) groups excluding carboxylic acids is 1. The molecule has 164 valence electrons. The van der Waals surface area contributed by atoms with Gasteiger partial charge in [-0.3, -0.25) is 4.79 Å². The van der Waals surface area contributed by atoms with Crippen LogP contribution in [0.5, 0.6) is 11.5 Å². The third-order valence-corrected chi connectivity index (χ3v) is 5.01. The summed E-state index contributed by atoms with van der Waals surface area (Å²) >= 11 is 18.1. The van der Waals surface area contributed by atoms with Gasteiger partial charge in [0.2, 0.25) is 0 Å². The van der Waals surface area contributed by atoms with Gasteiger partial charge in [0.1, 0.15) is 5.75 Å². The van der Waals surface area contributed by atoms with Crippen LogP contribution in [0, 0.1) is 0 Å². The van der Waals surface area contributed by atoms with Crippen molar-refractivity contribution in [1.82, 2.24) is 19.6 Å². The van der Waals surface area contributed by atoms with Gasteiger partial charge in [-0.1, -0.05) is 46.9 Å². The Morgan fingerprint density at radius 1 is 0.969 bits per heavy atom. The average molecular weight is 493 g/mol. The highest BCUT2D eigenvalue weighted by Crippen LogP contribution is 2.32. The molecule has 8 nitrogen and oxygen atoms in total. The van der Waals surface area contributed by atoms with Gasteiger partial charge in [0.05, 0.1) is 28.1 Å². The van der Waals surface area contributed by atoms with E-state index < -0.39 is 5.91 Å². The molecule has 2 aromatic heterocycles. The van der Waals surface area contributed by atoms with Crippen molar-refractivity contribution >= 4 is 46.4 Å². The fourth-order valence-corrected chi connectivity index (χ4v) is 3.38. The highest BCUT2D eigenvalue weighted by atomic mass is 35.5. The standard InChI is InChI=1S/C21H16Cl3N5O3/c22-14-3-1-4-16(9-14)31-13-29-11-15(10-25-29)26-21(30)19-7-8-28(27-19)12-32-20-17(23)5-2-6-18(20)24/h1-11H,12-13H2,(H,26,30). The lowest BCUT2D eigenvalue weighted by molar-refractivity contribution is 0.102. The van der Waals surface area contributed by atoms with Crippen LogP contribution in [-0.2, 0) is 13.5 Å². The summed E-state index contributed by atoms with van der Waals surface area (Å²) in [7, 11) is 0. The number of ether oxygens (including phenoxy) is 2. The van der Waals surface area contributed by atoms with Crippen LogP contribution in [0.1, 0.15) is 10.5 Å². The molecule has 0 radical (unpaired) electrons. The number of benzene rings is 2. The van der Waals surface area contributed by atoms with E-state index in [0.717, 1.165) is 0 Å². The summed E-state index contributed by atoms with van der Waals surface area (Å²) in [6.45, 7) is 0.197. The van der Waals surface area contributed by atoms with Crippen LogP contribution in [0.4, 0.5) is 5.69 Å². The van der Waals surface area contributed by atoms with Gasteiger partial charge < -0.3 is 14.8 Å². The second-order valence-electron chi connectivity index (χ2n) is 6.52. The van der Waals surface area contributed by atoms with Crippen LogP contribution in [0.3, 0.4) is 0 Å². The molecule has 2 aromatic carbocycles. The Balaban J connectivity index is 1.31. The van der Waals surface area contributed by atoms with Crippen molar-refractivity contribution in [2.75, 3.05) is 5.32 Å². The summed E-state index contributed by atoms with van der Waals surface area (Å²) in [6.07, 6.45) is 4.77. The molecule has 11 heteroatoms. The molecule has 0 aliphatic carbocycles. The molecule has 4 rings (SSSR count). The van der Waals surface area contributed by atoms with Crippen molar-refractivity contribution in [3.63, 3.8) is 0 Å². The molecule has 0 spiro atoms. The van der Waals surface area contributed by atoms with Gasteiger partial charge in [-0.25, -0.2) is 9.36 Å². The van der Waals surface area contributed by atoms with E-state index in [9.17, 15) is 4.79 Å². The van der Waals surface area contributed by atoms with E-state index in [1.807, 2.05) is 0 Å². The molecule has 0 atom stereocenters. The predicted octanol–water partition coefficient (Wildman–Crippen LogP) is 5.37. The molecular weight excluding hydrogens is 477 g/mol. The van der Waals surface area contributed by atoms with E-state index in [1.54, 1.807) is 60.9 Å². The largest absolute Gasteiger partial charge is 0.471 e. The van der Waals surface area contributed by atoms with Gasteiger partial charge in [0.25, 0.3) is 5.91 Å². The fraction of sp³-hybridized carbons (Fsp3) is 0.0952. The first-order valence-corrected chi connectivity index (χ1v) is 10.4. The minimum Gasteiger partial charge on any atom is -0.471 e. The molecule has 4 aromatic rings. The van der Waals surface area contributed by atoms with E-state index >= 15 is 0 Å². The lowest BCUT2D eigenvalue weighted by atomic mass is 10.3. The molecule has 0 unspecified atom stereocenters. The number of anilines is 1. The van der Waals surface area contributed by atoms with E-state index in [2.05, 4.69) is 15.5 Å². The van der Waals surface area contributed by atoms with E-state index in [4.69, 9.17) is 44.3 Å². The van der Waals surface area contributed by atoms with Gasteiger partial charge in [0, 0.05) is 11.2 Å². The molecule has 0 bridgehead atoms. The summed E-state index contributed by atoms with van der Waals surface area (Å²) in [5, 5.41) is 12.4. The van der Waals surface area contributed by atoms with E-state index in [1.165, 1.54) is 15.6 Å². The Kier molecular flexibility index (Phi) is 6.84. The number of hydrogen-bond acceptors (Lipinski definition) is 5. The number of para-hydroxylation sites is 1. The quantitative estimate of drug-likeness (QED) is 0.358. The predicted molar refractivity (Wildman–Crippen MR) is 122 cm³/mol. The maximum atomic E-state index is 12.5. The zero-order valence-corrected chi connectivity index (χ0v) is 18.7. The van der Waals surface area contributed by atoms with Gasteiger partial charge >= 0.3 is 0 Å². The fourth-order valence-electron chi connectivity index (χ4n) is 2.70. The van der Waals surface area contributed by atoms with Crippen molar-refractivity contribution in [1.29, 1.82) is 0 Å². The number of amides is 1. The van der Waals surface area contributed by atoms with E-state index in [0.29, 0.717) is 32.3 Å². The Morgan fingerprint density at radius 2 is 1.72 bits per heavy atom. The van der Waals surface area contributed by atoms with Crippen molar-refractivity contribution in [3.05, 3.63) is 87.9 Å². The van der Waals surface area contributed by atoms with Gasteiger partial charge in [-0.05, 0) is 36.4 Å². The van der Waals surface area contributed by atoms with Crippen molar-refractivity contribution < 1.29 is 14.3 Å². The summed E-state index contributed by atoms with van der Waals surface area (Å²) in [4.78, 5) is 12.5. The number of aromatic nitrogens is 4. The Hall–Kier alpha value is -3.20. The third-order valence-electron chi connectivity index (χ3n) is 4.18. The Bertz CT molecular complexity index is 1220. The maximum absolute atomic E-state index is 12.5. The SMILES string of the molecule is O=C(Nc1cnn(COc2cccc(Cl)c2)c1)c1ccn(COc2c(Cl)cccc2Cl)n1. The molecule has 0 fully saturated rings. The molecule has 2 heterocycles. The highest BCUT2D eigenvalue weighted by Gasteiger charge is 2.12. The average Bonchev–Trinajstić information content (AvgIpc) is 3.42. The molecule has 0 saturated carbocycles. The molecule has 0 aliphatic heterocycles. The van der Waals surface area contributed by atoms with Crippen LogP contribution in [0.25, 0.3) is 0 Å². The molecule has 0 aliphatic rings. The lowest BCUT2D eigenvalue weighted by Crippen LogP contribution is -2.14. The van der Waals surface area contributed by atoms with Crippen LogP contribution in [0.2, 0.25) is 15.1 Å². The van der Waals surface area contributed by atoms with E-state index in [-0.39, 0.29) is 19.2 Å². The van der Waals surface area contributed by atoms with Gasteiger partial charge in [-0.15, -0.1) is 0 Å². The highest BCUT2D eigenvalue weighted by molar-refractivity contribution is 6.37. The molecule has 32 heavy (non-hydrogen) atoms. The number of halogens is 3. The van der Waals surface area contributed by atoms with Crippen LogP contribution in [0.15, 0.2) is 67.1 Å². The normalized spacial score (nSPS) is 10.7. The maximum Gasteiger partial charge on any atom is 0.276 e. The molecule has 0 saturated heterocycles. The topological polar surface area (TPSA) is 83.2 Å². The van der Waals surface area contributed by atoms with Gasteiger partial charge in [-0.2, -0.15) is 10.2 Å². The van der Waals surface area contributed by atoms with Crippen LogP contribution < -0.4 is 14.8 Å². The first-order valence-electron chi connectivity index (χ1n) is 9.30. The monoisotopic (exact) mass is 491 g/mol. The molecular formula is C21H16Cl3N5O3. The lowest BCUT2D eigenvalue weighted by Gasteiger charge is -2.09. The smallest absolute Gasteiger partial charge is 0.276 e. The van der Waals surface area contributed by atoms with Crippen molar-refractivity contribution in [3.8, 4) is 11.5 Å². The number of nitrogens with zero attached hydrogens (tertiary/aromatic N) is 4. The number of rotatable bonds is 8. The first-order chi connectivity index (χ1) is 15.5. The van der Waals surface area contributed by atoms with Crippen LogP contribution >= 0.6 is 34.8 Å². The number of hydrogen-bond donors (Lipinski definition) is 1. The minimum absolute atomic E-state index is 0.0372. The molecule has 1 amide bonds. The summed E-state index contributed by atoms with van der Waals surface area (Å²) in [6, 6.07) is 13.7. The van der Waals surface area contributed by atoms with Crippen molar-refractivity contribution in [2.24, 2.45) is 0 Å². The third kappa shape index (κ3) is 5.53. The Morgan fingerprint density at radius 3 is 2.50 bits per heavy atom. The summed E-state index contributed by atoms with van der Waals surface area (Å²) in [5.74, 6) is 0.573. The second kappa shape index (κ2) is 9.95. The zero-order chi connectivity index (χ0) is 22.5.